The van der Waals surface area contributed by atoms with E-state index in [1.807, 2.05) is 25.5 Å². The number of ether oxygens (including phenoxy) is 1. The molecular formula is C16H15Cl2NO3. The third kappa shape index (κ3) is 3.34. The van der Waals surface area contributed by atoms with Crippen LogP contribution in [-0.2, 0) is 11.8 Å². The monoisotopic (exact) mass is 339 g/mol. The summed E-state index contributed by atoms with van der Waals surface area (Å²) in [7, 11) is 1.88. The number of nitrogens with zero attached hydrogens (tertiary/aromatic N) is 1. The molecule has 0 bridgehead atoms. The zero-order valence-electron chi connectivity index (χ0n) is 12.4. The second-order valence-electron chi connectivity index (χ2n) is 4.97. The van der Waals surface area contributed by atoms with Gasteiger partial charge in [-0.25, -0.2) is 4.79 Å². The van der Waals surface area contributed by atoms with Crippen molar-refractivity contribution in [1.82, 2.24) is 4.57 Å². The zero-order valence-corrected chi connectivity index (χ0v) is 14.0. The molecule has 0 unspecified atom stereocenters. The van der Waals surface area contributed by atoms with Gasteiger partial charge in [-0.2, -0.15) is 0 Å². The molecule has 1 aromatic carbocycles. The molecule has 0 radical (unpaired) electrons. The first-order chi connectivity index (χ1) is 10.3. The van der Waals surface area contributed by atoms with E-state index in [1.54, 1.807) is 6.07 Å². The predicted molar refractivity (Wildman–Crippen MR) is 86.0 cm³/mol. The maximum absolute atomic E-state index is 12.2. The molecule has 0 amide bonds. The summed E-state index contributed by atoms with van der Waals surface area (Å²) in [6.45, 7) is 3.42. The highest BCUT2D eigenvalue weighted by Gasteiger charge is 2.18. The van der Waals surface area contributed by atoms with Gasteiger partial charge in [-0.05, 0) is 38.1 Å². The number of carbonyl (C=O) groups excluding carboxylic acids is 2. The summed E-state index contributed by atoms with van der Waals surface area (Å²) in [4.78, 5) is 24.1. The Morgan fingerprint density at radius 1 is 1.14 bits per heavy atom. The van der Waals surface area contributed by atoms with Gasteiger partial charge in [-0.1, -0.05) is 23.2 Å². The van der Waals surface area contributed by atoms with Gasteiger partial charge < -0.3 is 9.30 Å². The second-order valence-corrected chi connectivity index (χ2v) is 5.81. The summed E-state index contributed by atoms with van der Waals surface area (Å²) >= 11 is 11.7. The Morgan fingerprint density at radius 3 is 2.36 bits per heavy atom. The molecule has 0 aliphatic carbocycles. The Balaban J connectivity index is 2.07. The molecule has 0 atom stereocenters. The molecule has 116 valence electrons. The van der Waals surface area contributed by atoms with Crippen LogP contribution < -0.4 is 0 Å². The fourth-order valence-corrected chi connectivity index (χ4v) is 2.56. The molecule has 1 heterocycles. The number of benzene rings is 1. The molecule has 4 nitrogen and oxygen atoms in total. The maximum Gasteiger partial charge on any atom is 0.340 e. The lowest BCUT2D eigenvalue weighted by Crippen LogP contribution is -2.15. The highest BCUT2D eigenvalue weighted by Crippen LogP contribution is 2.22. The lowest BCUT2D eigenvalue weighted by Gasteiger charge is -2.06. The molecule has 1 aromatic heterocycles. The number of carbonyl (C=O) groups is 2. The van der Waals surface area contributed by atoms with Crippen LogP contribution in [0.3, 0.4) is 0 Å². The molecular weight excluding hydrogens is 325 g/mol. The van der Waals surface area contributed by atoms with Gasteiger partial charge in [0.1, 0.15) is 0 Å². The van der Waals surface area contributed by atoms with Gasteiger partial charge in [0.05, 0.1) is 10.6 Å². The molecule has 0 aliphatic heterocycles. The van der Waals surface area contributed by atoms with Gasteiger partial charge in [-0.3, -0.25) is 4.79 Å². The predicted octanol–water partition coefficient (Wildman–Crippen LogP) is 3.99. The fourth-order valence-electron chi connectivity index (χ4n) is 2.08. The normalized spacial score (nSPS) is 10.6. The van der Waals surface area contributed by atoms with Crippen LogP contribution in [0.25, 0.3) is 0 Å². The number of esters is 1. The van der Waals surface area contributed by atoms with Crippen molar-refractivity contribution in [1.29, 1.82) is 0 Å². The molecule has 0 aliphatic rings. The number of hydrogen-bond donors (Lipinski definition) is 0. The highest BCUT2D eigenvalue weighted by molar-refractivity contribution is 6.36. The lowest BCUT2D eigenvalue weighted by molar-refractivity contribution is 0.0474. The van der Waals surface area contributed by atoms with Crippen molar-refractivity contribution in [3.8, 4) is 0 Å². The summed E-state index contributed by atoms with van der Waals surface area (Å²) in [6, 6.07) is 6.24. The van der Waals surface area contributed by atoms with Crippen molar-refractivity contribution in [2.75, 3.05) is 6.61 Å². The molecule has 0 fully saturated rings. The number of Topliss-reactive ketones (excluding diaryl/α,β-unsaturated/α-hetero) is 1. The number of ketones is 1. The van der Waals surface area contributed by atoms with Crippen LogP contribution >= 0.6 is 23.2 Å². The van der Waals surface area contributed by atoms with Crippen LogP contribution in [0.1, 0.15) is 32.1 Å². The molecule has 0 saturated carbocycles. The third-order valence-corrected chi connectivity index (χ3v) is 4.11. The van der Waals surface area contributed by atoms with E-state index >= 15 is 0 Å². The summed E-state index contributed by atoms with van der Waals surface area (Å²) < 4.78 is 6.95. The Bertz CT molecular complexity index is 750. The summed E-state index contributed by atoms with van der Waals surface area (Å²) in [5, 5.41) is 0.615. The summed E-state index contributed by atoms with van der Waals surface area (Å²) in [6.07, 6.45) is 0. The van der Waals surface area contributed by atoms with E-state index in [1.165, 1.54) is 18.2 Å². The average Bonchev–Trinajstić information content (AvgIpc) is 2.72. The maximum atomic E-state index is 12.2. The van der Waals surface area contributed by atoms with Crippen molar-refractivity contribution in [2.45, 2.75) is 13.8 Å². The Kier molecular flexibility index (Phi) is 4.94. The first kappa shape index (κ1) is 16.6. The minimum Gasteiger partial charge on any atom is -0.454 e. The Morgan fingerprint density at radius 2 is 1.82 bits per heavy atom. The zero-order chi connectivity index (χ0) is 16.4. The van der Waals surface area contributed by atoms with Crippen LogP contribution in [0.2, 0.25) is 10.0 Å². The smallest absolute Gasteiger partial charge is 0.340 e. The molecule has 0 saturated heterocycles. The van der Waals surface area contributed by atoms with E-state index in [0.717, 1.165) is 11.4 Å². The van der Waals surface area contributed by atoms with Crippen molar-refractivity contribution >= 4 is 35.0 Å². The highest BCUT2D eigenvalue weighted by atomic mass is 35.5. The van der Waals surface area contributed by atoms with E-state index < -0.39 is 5.97 Å². The minimum atomic E-state index is -0.652. The van der Waals surface area contributed by atoms with Gasteiger partial charge >= 0.3 is 5.97 Å². The van der Waals surface area contributed by atoms with Gasteiger partial charge in [0.25, 0.3) is 0 Å². The van der Waals surface area contributed by atoms with Crippen molar-refractivity contribution in [3.05, 3.63) is 56.8 Å². The summed E-state index contributed by atoms with van der Waals surface area (Å²) in [5.41, 5.74) is 2.53. The number of aryl methyl sites for hydroxylation is 1. The van der Waals surface area contributed by atoms with E-state index in [9.17, 15) is 9.59 Å². The van der Waals surface area contributed by atoms with Gasteiger partial charge in [-0.15, -0.1) is 0 Å². The van der Waals surface area contributed by atoms with Crippen LogP contribution in [0.15, 0.2) is 24.3 Å². The van der Waals surface area contributed by atoms with Crippen molar-refractivity contribution < 1.29 is 14.3 Å². The molecule has 2 aromatic rings. The fraction of sp³-hybridized carbons (Fsp3) is 0.250. The van der Waals surface area contributed by atoms with E-state index in [4.69, 9.17) is 27.9 Å². The van der Waals surface area contributed by atoms with Crippen molar-refractivity contribution in [2.24, 2.45) is 7.05 Å². The van der Waals surface area contributed by atoms with Gasteiger partial charge in [0.15, 0.2) is 6.61 Å². The number of halogens is 2. The van der Waals surface area contributed by atoms with Crippen LogP contribution in [0.4, 0.5) is 0 Å². The van der Waals surface area contributed by atoms with Crippen LogP contribution in [0.5, 0.6) is 0 Å². The van der Waals surface area contributed by atoms with E-state index in [-0.39, 0.29) is 23.0 Å². The number of aromatic nitrogens is 1. The first-order valence-electron chi connectivity index (χ1n) is 6.59. The summed E-state index contributed by atoms with van der Waals surface area (Å²) in [5.74, 6) is -0.903. The van der Waals surface area contributed by atoms with E-state index in [2.05, 4.69) is 0 Å². The quantitative estimate of drug-likeness (QED) is 0.625. The number of hydrogen-bond acceptors (Lipinski definition) is 3. The molecule has 0 spiro atoms. The molecule has 2 rings (SSSR count). The van der Waals surface area contributed by atoms with Gasteiger partial charge in [0.2, 0.25) is 5.78 Å². The van der Waals surface area contributed by atoms with Crippen LogP contribution in [-0.4, -0.2) is 22.9 Å². The standard InChI is InChI=1S/C16H15Cl2NO3/c1-9-6-13(10(2)19(9)3)15(20)8-22-16(21)12-5-4-11(17)7-14(12)18/h4-7H,8H2,1-3H3. The average molecular weight is 340 g/mol. The first-order valence-corrected chi connectivity index (χ1v) is 7.35. The SMILES string of the molecule is Cc1cc(C(=O)COC(=O)c2ccc(Cl)cc2Cl)c(C)n1C. The van der Waals surface area contributed by atoms with Crippen molar-refractivity contribution in [3.63, 3.8) is 0 Å². The topological polar surface area (TPSA) is 48.3 Å². The Hall–Kier alpha value is -1.78. The largest absolute Gasteiger partial charge is 0.454 e. The van der Waals surface area contributed by atoms with Crippen LogP contribution in [0, 0.1) is 13.8 Å². The molecule has 22 heavy (non-hydrogen) atoms. The molecule has 0 N–H and O–H groups in total. The lowest BCUT2D eigenvalue weighted by atomic mass is 10.1. The second kappa shape index (κ2) is 6.55. The Labute approximate surface area is 138 Å². The van der Waals surface area contributed by atoms with E-state index in [0.29, 0.717) is 10.6 Å². The van der Waals surface area contributed by atoms with Gasteiger partial charge in [0, 0.05) is 29.0 Å². The molecule has 6 heteroatoms. The third-order valence-electron chi connectivity index (χ3n) is 3.56. The minimum absolute atomic E-state index is 0.180. The number of rotatable bonds is 4.